The molecule has 0 aliphatic rings. The van der Waals surface area contributed by atoms with Gasteiger partial charge in [-0.3, -0.25) is 0 Å². The summed E-state index contributed by atoms with van der Waals surface area (Å²) < 4.78 is 0. The van der Waals surface area contributed by atoms with Crippen molar-refractivity contribution in [3.05, 3.63) is 35.4 Å². The second-order valence-electron chi connectivity index (χ2n) is 6.35. The lowest BCUT2D eigenvalue weighted by molar-refractivity contribution is 0.147. The summed E-state index contributed by atoms with van der Waals surface area (Å²) in [5.41, 5.74) is 2.31. The molecular weight excluding hydrogens is 278 g/mol. The zero-order valence-corrected chi connectivity index (χ0v) is 14.1. The Morgan fingerprint density at radius 1 is 1.18 bits per heavy atom. The van der Waals surface area contributed by atoms with Crippen molar-refractivity contribution in [1.29, 1.82) is 0 Å². The number of urea groups is 1. The molecule has 5 heteroatoms. The second kappa shape index (κ2) is 9.43. The third-order valence-electron chi connectivity index (χ3n) is 3.29. The fourth-order valence-electron chi connectivity index (χ4n) is 2.30. The van der Waals surface area contributed by atoms with Crippen LogP contribution in [0.3, 0.4) is 0 Å². The summed E-state index contributed by atoms with van der Waals surface area (Å²) in [5.74, 6) is 0.415. The summed E-state index contributed by atoms with van der Waals surface area (Å²) in [6.45, 7) is 5.70. The molecule has 5 nitrogen and oxygen atoms in total. The van der Waals surface area contributed by atoms with Crippen LogP contribution in [0, 0.1) is 5.92 Å². The predicted octanol–water partition coefficient (Wildman–Crippen LogP) is 1.95. The van der Waals surface area contributed by atoms with Crippen LogP contribution in [0.25, 0.3) is 0 Å². The van der Waals surface area contributed by atoms with Gasteiger partial charge in [0.15, 0.2) is 0 Å². The third kappa shape index (κ3) is 7.43. The van der Waals surface area contributed by atoms with E-state index in [0.717, 1.165) is 12.1 Å². The maximum Gasteiger partial charge on any atom is 0.315 e. The largest absolute Gasteiger partial charge is 0.391 e. The molecule has 2 amide bonds. The highest BCUT2D eigenvalue weighted by Crippen LogP contribution is 2.10. The van der Waals surface area contributed by atoms with Crippen LogP contribution in [-0.2, 0) is 13.1 Å². The van der Waals surface area contributed by atoms with Gasteiger partial charge in [0.25, 0.3) is 0 Å². The minimum Gasteiger partial charge on any atom is -0.391 e. The smallest absolute Gasteiger partial charge is 0.315 e. The Balaban J connectivity index is 2.41. The lowest BCUT2D eigenvalue weighted by Gasteiger charge is -2.16. The molecule has 22 heavy (non-hydrogen) atoms. The zero-order chi connectivity index (χ0) is 16.5. The molecule has 0 aliphatic heterocycles. The summed E-state index contributed by atoms with van der Waals surface area (Å²) >= 11 is 0. The third-order valence-corrected chi connectivity index (χ3v) is 3.29. The number of aliphatic hydroxyl groups excluding tert-OH is 1. The van der Waals surface area contributed by atoms with E-state index < -0.39 is 6.10 Å². The highest BCUT2D eigenvalue weighted by atomic mass is 16.3. The van der Waals surface area contributed by atoms with Gasteiger partial charge in [-0.15, -0.1) is 0 Å². The van der Waals surface area contributed by atoms with Gasteiger partial charge < -0.3 is 20.6 Å². The number of nitrogens with one attached hydrogen (secondary N) is 2. The van der Waals surface area contributed by atoms with Crippen molar-refractivity contribution < 1.29 is 9.90 Å². The van der Waals surface area contributed by atoms with E-state index in [1.54, 1.807) is 0 Å². The molecule has 0 heterocycles. The number of hydrogen-bond acceptors (Lipinski definition) is 3. The minimum absolute atomic E-state index is 0.248. The number of benzene rings is 1. The van der Waals surface area contributed by atoms with Crippen molar-refractivity contribution in [1.82, 2.24) is 15.5 Å². The van der Waals surface area contributed by atoms with Gasteiger partial charge in [0.05, 0.1) is 6.10 Å². The van der Waals surface area contributed by atoms with Gasteiger partial charge in [0.2, 0.25) is 0 Å². The number of carbonyl (C=O) groups excluding carboxylic acids is 1. The van der Waals surface area contributed by atoms with Crippen LogP contribution in [0.5, 0.6) is 0 Å². The van der Waals surface area contributed by atoms with Crippen LogP contribution in [0.4, 0.5) is 4.79 Å². The maximum absolute atomic E-state index is 11.8. The normalized spacial score (nSPS) is 12.5. The van der Waals surface area contributed by atoms with E-state index in [4.69, 9.17) is 0 Å². The summed E-state index contributed by atoms with van der Waals surface area (Å²) in [6.07, 6.45) is 0.193. The van der Waals surface area contributed by atoms with Crippen molar-refractivity contribution in [3.8, 4) is 0 Å². The summed E-state index contributed by atoms with van der Waals surface area (Å²) in [6, 6.07) is 7.82. The van der Waals surface area contributed by atoms with Gasteiger partial charge in [-0.05, 0) is 37.6 Å². The Morgan fingerprint density at radius 3 is 2.41 bits per heavy atom. The summed E-state index contributed by atoms with van der Waals surface area (Å²) in [5, 5.41) is 15.3. The number of nitrogens with zero attached hydrogens (tertiary/aromatic N) is 1. The highest BCUT2D eigenvalue weighted by molar-refractivity contribution is 5.73. The fourth-order valence-corrected chi connectivity index (χ4v) is 2.30. The Morgan fingerprint density at radius 2 is 1.82 bits per heavy atom. The van der Waals surface area contributed by atoms with Gasteiger partial charge in [-0.25, -0.2) is 4.79 Å². The molecule has 1 unspecified atom stereocenters. The van der Waals surface area contributed by atoms with E-state index in [2.05, 4.69) is 21.6 Å². The first-order valence-electron chi connectivity index (χ1n) is 7.79. The number of amides is 2. The molecule has 1 atom stereocenters. The molecule has 0 saturated heterocycles. The van der Waals surface area contributed by atoms with Gasteiger partial charge >= 0.3 is 6.03 Å². The first-order chi connectivity index (χ1) is 10.4. The van der Waals surface area contributed by atoms with Gasteiger partial charge in [0, 0.05) is 19.6 Å². The van der Waals surface area contributed by atoms with Crippen molar-refractivity contribution >= 4 is 6.03 Å². The molecule has 1 rings (SSSR count). The fraction of sp³-hybridized carbons (Fsp3) is 0.588. The number of hydrogen-bond donors (Lipinski definition) is 3. The van der Waals surface area contributed by atoms with Gasteiger partial charge in [-0.2, -0.15) is 0 Å². The van der Waals surface area contributed by atoms with Crippen LogP contribution >= 0.6 is 0 Å². The Kier molecular flexibility index (Phi) is 7.91. The quantitative estimate of drug-likeness (QED) is 0.688. The SMILES string of the molecule is CC(C)CC(O)CNC(=O)NCc1ccccc1CN(C)C. The molecule has 124 valence electrons. The first kappa shape index (κ1) is 18.5. The Labute approximate surface area is 133 Å². The van der Waals surface area contributed by atoms with E-state index in [1.807, 2.05) is 46.1 Å². The van der Waals surface area contributed by atoms with E-state index >= 15 is 0 Å². The average Bonchev–Trinajstić information content (AvgIpc) is 2.43. The molecular formula is C17H29N3O2. The Bertz CT molecular complexity index is 461. The molecule has 0 fully saturated rings. The van der Waals surface area contributed by atoms with Crippen LogP contribution in [0.15, 0.2) is 24.3 Å². The molecule has 0 spiro atoms. The predicted molar refractivity (Wildman–Crippen MR) is 89.5 cm³/mol. The standard InChI is InChI=1S/C17H29N3O2/c1-13(2)9-16(21)11-19-17(22)18-10-14-7-5-6-8-15(14)12-20(3)4/h5-8,13,16,21H,9-12H2,1-4H3,(H2,18,19,22). The number of aliphatic hydroxyl groups is 1. The van der Waals surface area contributed by atoms with E-state index in [-0.39, 0.29) is 12.6 Å². The van der Waals surface area contributed by atoms with E-state index in [9.17, 15) is 9.90 Å². The van der Waals surface area contributed by atoms with Crippen molar-refractivity contribution in [3.63, 3.8) is 0 Å². The van der Waals surface area contributed by atoms with Gasteiger partial charge in [0.1, 0.15) is 0 Å². The van der Waals surface area contributed by atoms with E-state index in [0.29, 0.717) is 18.9 Å². The van der Waals surface area contributed by atoms with Crippen LogP contribution in [-0.4, -0.2) is 42.8 Å². The topological polar surface area (TPSA) is 64.6 Å². The molecule has 0 saturated carbocycles. The maximum atomic E-state index is 11.8. The van der Waals surface area contributed by atoms with Crippen LogP contribution in [0.2, 0.25) is 0 Å². The molecule has 0 bridgehead atoms. The van der Waals surface area contributed by atoms with E-state index in [1.165, 1.54) is 5.56 Å². The van der Waals surface area contributed by atoms with Gasteiger partial charge in [-0.1, -0.05) is 38.1 Å². The second-order valence-corrected chi connectivity index (χ2v) is 6.35. The Hall–Kier alpha value is -1.59. The lowest BCUT2D eigenvalue weighted by Crippen LogP contribution is -2.39. The monoisotopic (exact) mass is 307 g/mol. The molecule has 1 aromatic rings. The molecule has 3 N–H and O–H groups in total. The molecule has 0 aromatic heterocycles. The minimum atomic E-state index is -0.494. The first-order valence-corrected chi connectivity index (χ1v) is 7.79. The van der Waals surface area contributed by atoms with Crippen molar-refractivity contribution in [2.24, 2.45) is 5.92 Å². The highest BCUT2D eigenvalue weighted by Gasteiger charge is 2.09. The van der Waals surface area contributed by atoms with Crippen molar-refractivity contribution in [2.75, 3.05) is 20.6 Å². The average molecular weight is 307 g/mol. The van der Waals surface area contributed by atoms with Crippen molar-refractivity contribution in [2.45, 2.75) is 39.5 Å². The zero-order valence-electron chi connectivity index (χ0n) is 14.1. The molecule has 1 aromatic carbocycles. The summed E-state index contributed by atoms with van der Waals surface area (Å²) in [7, 11) is 4.04. The number of carbonyl (C=O) groups is 1. The lowest BCUT2D eigenvalue weighted by atomic mass is 10.1. The summed E-state index contributed by atoms with van der Waals surface area (Å²) in [4.78, 5) is 13.9. The number of rotatable bonds is 8. The molecule has 0 aliphatic carbocycles. The van der Waals surface area contributed by atoms with Crippen LogP contribution in [0.1, 0.15) is 31.4 Å². The van der Waals surface area contributed by atoms with Crippen LogP contribution < -0.4 is 10.6 Å². The molecule has 0 radical (unpaired) electrons.